The monoisotopic (exact) mass is 340 g/mol. The van der Waals surface area contributed by atoms with E-state index in [1.54, 1.807) is 6.21 Å². The van der Waals surface area contributed by atoms with E-state index < -0.39 is 0 Å². The normalized spacial score (nSPS) is 10.7. The van der Waals surface area contributed by atoms with Crippen molar-refractivity contribution in [2.24, 2.45) is 21.7 Å². The summed E-state index contributed by atoms with van der Waals surface area (Å²) in [6.07, 6.45) is 1.55. The molecule has 0 atom stereocenters. The van der Waals surface area contributed by atoms with Gasteiger partial charge in [0.05, 0.1) is 12.8 Å². The van der Waals surface area contributed by atoms with Crippen LogP contribution in [0.1, 0.15) is 29.2 Å². The Morgan fingerprint density at radius 1 is 1.04 bits per heavy atom. The molecule has 0 fully saturated rings. The molecule has 0 unspecified atom stereocenters. The molecule has 2 aromatic rings. The maximum absolute atomic E-state index is 5.97. The molecule has 4 N–H and O–H groups in total. The molecule has 0 spiro atoms. The zero-order valence-electron chi connectivity index (χ0n) is 14.8. The number of hydrogen-bond donors (Lipinski definition) is 2. The van der Waals surface area contributed by atoms with E-state index in [2.05, 4.69) is 42.2 Å². The van der Waals surface area contributed by atoms with Gasteiger partial charge in [-0.05, 0) is 55.7 Å². The zero-order valence-corrected chi connectivity index (χ0v) is 14.8. The van der Waals surface area contributed by atoms with E-state index >= 15 is 0 Å². The summed E-state index contributed by atoms with van der Waals surface area (Å²) in [5.41, 5.74) is 14.9. The molecule has 0 amide bonds. The van der Waals surface area contributed by atoms with Crippen molar-refractivity contribution >= 4 is 12.2 Å². The second kappa shape index (κ2) is 8.73. The van der Waals surface area contributed by atoms with E-state index in [0.717, 1.165) is 11.1 Å². The maximum Gasteiger partial charge on any atom is 0.211 e. The number of benzene rings is 2. The van der Waals surface area contributed by atoms with Gasteiger partial charge in [-0.1, -0.05) is 23.8 Å². The Morgan fingerprint density at radius 2 is 1.84 bits per heavy atom. The maximum atomic E-state index is 5.97. The molecule has 6 nitrogen and oxygen atoms in total. The van der Waals surface area contributed by atoms with E-state index in [-0.39, 0.29) is 5.96 Å². The summed E-state index contributed by atoms with van der Waals surface area (Å²) in [5.74, 6) is 1.25. The molecule has 0 aliphatic heterocycles. The third-order valence-corrected chi connectivity index (χ3v) is 3.54. The summed E-state index contributed by atoms with van der Waals surface area (Å²) in [4.78, 5) is 0. The second-order valence-electron chi connectivity index (χ2n) is 5.63. The van der Waals surface area contributed by atoms with Gasteiger partial charge < -0.3 is 20.9 Å². The quantitative estimate of drug-likeness (QED) is 0.460. The topological polar surface area (TPSA) is 95.2 Å². The average molecular weight is 340 g/mol. The molecule has 132 valence electrons. The summed E-state index contributed by atoms with van der Waals surface area (Å²) >= 11 is 0. The number of ether oxygens (including phenoxy) is 2. The zero-order chi connectivity index (χ0) is 18.2. The summed E-state index contributed by atoms with van der Waals surface area (Å²) in [6, 6.07) is 11.9. The first-order chi connectivity index (χ1) is 12.0. The first-order valence-electron chi connectivity index (χ1n) is 8.07. The van der Waals surface area contributed by atoms with E-state index in [1.165, 1.54) is 11.1 Å². The molecular weight excluding hydrogens is 316 g/mol. The summed E-state index contributed by atoms with van der Waals surface area (Å²) in [6.45, 7) is 7.09. The van der Waals surface area contributed by atoms with E-state index in [1.807, 2.05) is 25.1 Å². The molecule has 0 aromatic heterocycles. The van der Waals surface area contributed by atoms with Crippen molar-refractivity contribution in [1.29, 1.82) is 0 Å². The molecule has 0 saturated heterocycles. The lowest BCUT2D eigenvalue weighted by atomic mass is 10.1. The third kappa shape index (κ3) is 5.53. The van der Waals surface area contributed by atoms with Crippen LogP contribution in [0.4, 0.5) is 0 Å². The third-order valence-electron chi connectivity index (χ3n) is 3.54. The Bertz CT molecular complexity index is 781. The highest BCUT2D eigenvalue weighted by Gasteiger charge is 2.07. The molecule has 0 aliphatic carbocycles. The average Bonchev–Trinajstić information content (AvgIpc) is 2.57. The summed E-state index contributed by atoms with van der Waals surface area (Å²) in [7, 11) is 0. The standard InChI is InChI=1S/C19H24N4O2/c1-4-24-18-10-15(11-22-23-19(20)21)7-8-17(18)25-12-16-9-13(2)5-6-14(16)3/h5-11H,4,12H2,1-3H3,(H4,20,21,23)/b22-11-. The SMILES string of the molecule is CCOc1cc(/C=N\N=C(N)N)ccc1OCc1cc(C)ccc1C. The van der Waals surface area contributed by atoms with Crippen molar-refractivity contribution < 1.29 is 9.47 Å². The Hall–Kier alpha value is -3.02. The van der Waals surface area contributed by atoms with Crippen molar-refractivity contribution in [2.75, 3.05) is 6.61 Å². The fourth-order valence-electron chi connectivity index (χ4n) is 2.27. The van der Waals surface area contributed by atoms with E-state index in [9.17, 15) is 0 Å². The largest absolute Gasteiger partial charge is 0.490 e. The van der Waals surface area contributed by atoms with E-state index in [0.29, 0.717) is 24.7 Å². The number of guanidine groups is 1. The van der Waals surface area contributed by atoms with Gasteiger partial charge in [0, 0.05) is 0 Å². The minimum atomic E-state index is -0.0882. The minimum Gasteiger partial charge on any atom is -0.490 e. The van der Waals surface area contributed by atoms with Crippen LogP contribution in [0.25, 0.3) is 0 Å². The summed E-state index contributed by atoms with van der Waals surface area (Å²) < 4.78 is 11.6. The highest BCUT2D eigenvalue weighted by molar-refractivity contribution is 5.82. The fourth-order valence-corrected chi connectivity index (χ4v) is 2.27. The molecule has 25 heavy (non-hydrogen) atoms. The van der Waals surface area contributed by atoms with Gasteiger partial charge >= 0.3 is 0 Å². The van der Waals surface area contributed by atoms with Crippen LogP contribution >= 0.6 is 0 Å². The number of hydrogen-bond acceptors (Lipinski definition) is 4. The van der Waals surface area contributed by atoms with Gasteiger partial charge in [0.1, 0.15) is 6.61 Å². The van der Waals surface area contributed by atoms with Crippen molar-refractivity contribution in [3.05, 3.63) is 58.7 Å². The number of rotatable bonds is 7. The first kappa shape index (κ1) is 18.3. The van der Waals surface area contributed by atoms with Crippen LogP contribution in [-0.4, -0.2) is 18.8 Å². The first-order valence-corrected chi connectivity index (χ1v) is 8.07. The van der Waals surface area contributed by atoms with Crippen LogP contribution in [-0.2, 0) is 6.61 Å². The highest BCUT2D eigenvalue weighted by Crippen LogP contribution is 2.29. The van der Waals surface area contributed by atoms with Crippen LogP contribution in [0.5, 0.6) is 11.5 Å². The van der Waals surface area contributed by atoms with Crippen LogP contribution < -0.4 is 20.9 Å². The molecule has 0 saturated carbocycles. The Kier molecular flexibility index (Phi) is 6.39. The van der Waals surface area contributed by atoms with Gasteiger partial charge in [0.25, 0.3) is 0 Å². The molecule has 0 aliphatic rings. The van der Waals surface area contributed by atoms with Gasteiger partial charge in [-0.25, -0.2) is 0 Å². The molecule has 0 radical (unpaired) electrons. The van der Waals surface area contributed by atoms with Crippen molar-refractivity contribution in [1.82, 2.24) is 0 Å². The molecule has 2 rings (SSSR count). The van der Waals surface area contributed by atoms with Crippen molar-refractivity contribution in [3.63, 3.8) is 0 Å². The Morgan fingerprint density at radius 3 is 2.56 bits per heavy atom. The van der Waals surface area contributed by atoms with Gasteiger partial charge in [-0.3, -0.25) is 0 Å². The lowest BCUT2D eigenvalue weighted by molar-refractivity contribution is 0.269. The lowest BCUT2D eigenvalue weighted by Gasteiger charge is -2.14. The smallest absolute Gasteiger partial charge is 0.211 e. The summed E-state index contributed by atoms with van der Waals surface area (Å²) in [5, 5.41) is 7.38. The van der Waals surface area contributed by atoms with Crippen molar-refractivity contribution in [3.8, 4) is 11.5 Å². The fraction of sp³-hybridized carbons (Fsp3) is 0.263. The molecule has 6 heteroatoms. The van der Waals surface area contributed by atoms with Crippen molar-refractivity contribution in [2.45, 2.75) is 27.4 Å². The molecule has 2 aromatic carbocycles. The van der Waals surface area contributed by atoms with Crippen LogP contribution in [0.15, 0.2) is 46.6 Å². The lowest BCUT2D eigenvalue weighted by Crippen LogP contribution is -2.21. The van der Waals surface area contributed by atoms with E-state index in [4.69, 9.17) is 20.9 Å². The highest BCUT2D eigenvalue weighted by atomic mass is 16.5. The number of aryl methyl sites for hydroxylation is 2. The van der Waals surface area contributed by atoms with Gasteiger partial charge in [-0.2, -0.15) is 5.10 Å². The Labute approximate surface area is 148 Å². The van der Waals surface area contributed by atoms with Crippen LogP contribution in [0.2, 0.25) is 0 Å². The van der Waals surface area contributed by atoms with Gasteiger partial charge in [-0.15, -0.1) is 5.10 Å². The predicted octanol–water partition coefficient (Wildman–Crippen LogP) is 2.89. The minimum absolute atomic E-state index is 0.0882. The van der Waals surface area contributed by atoms with Gasteiger partial charge in [0.15, 0.2) is 11.5 Å². The van der Waals surface area contributed by atoms with Crippen LogP contribution in [0, 0.1) is 13.8 Å². The predicted molar refractivity (Wildman–Crippen MR) is 101 cm³/mol. The van der Waals surface area contributed by atoms with Gasteiger partial charge in [0.2, 0.25) is 5.96 Å². The second-order valence-corrected chi connectivity index (χ2v) is 5.63. The molecular formula is C19H24N4O2. The molecule has 0 bridgehead atoms. The molecule has 0 heterocycles. The number of nitrogens with zero attached hydrogens (tertiary/aromatic N) is 2. The Balaban J connectivity index is 2.17. The van der Waals surface area contributed by atoms with Crippen LogP contribution in [0.3, 0.4) is 0 Å². The number of nitrogens with two attached hydrogens (primary N) is 2.